The second-order valence-corrected chi connectivity index (χ2v) is 4.17. The van der Waals surface area contributed by atoms with Crippen LogP contribution in [0.25, 0.3) is 0 Å². The highest BCUT2D eigenvalue weighted by atomic mass is 35.5. The molecule has 0 spiro atoms. The summed E-state index contributed by atoms with van der Waals surface area (Å²) in [4.78, 5) is 10.6. The zero-order valence-corrected chi connectivity index (χ0v) is 10.9. The van der Waals surface area contributed by atoms with Gasteiger partial charge in [0.05, 0.1) is 14.2 Å². The van der Waals surface area contributed by atoms with E-state index >= 15 is 0 Å². The van der Waals surface area contributed by atoms with Gasteiger partial charge in [0.25, 0.3) is 0 Å². The van der Waals surface area contributed by atoms with Crippen LogP contribution in [0.15, 0.2) is 18.2 Å². The number of halogens is 1. The third-order valence-corrected chi connectivity index (χ3v) is 2.73. The van der Waals surface area contributed by atoms with Gasteiger partial charge in [0.2, 0.25) is 5.24 Å². The molecular weight excluding hydrogens is 240 g/mol. The van der Waals surface area contributed by atoms with Crippen LogP contribution in [-0.2, 0) is 11.2 Å². The molecule has 0 fully saturated rings. The van der Waals surface area contributed by atoms with E-state index in [1.807, 2.05) is 18.2 Å². The lowest BCUT2D eigenvalue weighted by Gasteiger charge is -2.09. The molecular formula is C13H17ClO3. The molecule has 0 amide bonds. The van der Waals surface area contributed by atoms with Crippen LogP contribution >= 0.6 is 11.6 Å². The van der Waals surface area contributed by atoms with Gasteiger partial charge in [0.1, 0.15) is 0 Å². The highest BCUT2D eigenvalue weighted by Crippen LogP contribution is 2.28. The zero-order valence-electron chi connectivity index (χ0n) is 10.2. The Hall–Kier alpha value is -1.22. The van der Waals surface area contributed by atoms with E-state index in [4.69, 9.17) is 21.1 Å². The maximum atomic E-state index is 10.6. The summed E-state index contributed by atoms with van der Waals surface area (Å²) in [5, 5.41) is -0.266. The Balaban J connectivity index is 2.51. The van der Waals surface area contributed by atoms with Crippen molar-refractivity contribution < 1.29 is 14.3 Å². The Kier molecular flexibility index (Phi) is 5.84. The number of hydrogen-bond donors (Lipinski definition) is 0. The Morgan fingerprint density at radius 3 is 2.47 bits per heavy atom. The van der Waals surface area contributed by atoms with Crippen LogP contribution in [0.2, 0.25) is 0 Å². The SMILES string of the molecule is COc1ccc(CCCCC(=O)Cl)cc1OC. The smallest absolute Gasteiger partial charge is 0.221 e. The van der Waals surface area contributed by atoms with Crippen LogP contribution in [0.4, 0.5) is 0 Å². The van der Waals surface area contributed by atoms with E-state index in [9.17, 15) is 4.79 Å². The van der Waals surface area contributed by atoms with E-state index in [1.165, 1.54) is 5.56 Å². The fourth-order valence-corrected chi connectivity index (χ4v) is 1.76. The summed E-state index contributed by atoms with van der Waals surface area (Å²) in [7, 11) is 3.23. The van der Waals surface area contributed by atoms with Crippen molar-refractivity contribution in [2.24, 2.45) is 0 Å². The van der Waals surface area contributed by atoms with Crippen molar-refractivity contribution in [2.45, 2.75) is 25.7 Å². The molecule has 0 saturated carbocycles. The lowest BCUT2D eigenvalue weighted by molar-refractivity contribution is -0.111. The Morgan fingerprint density at radius 2 is 1.88 bits per heavy atom. The monoisotopic (exact) mass is 256 g/mol. The van der Waals surface area contributed by atoms with Gasteiger partial charge in [0, 0.05) is 6.42 Å². The predicted molar refractivity (Wildman–Crippen MR) is 68.0 cm³/mol. The number of methoxy groups -OCH3 is 2. The van der Waals surface area contributed by atoms with Gasteiger partial charge in [-0.25, -0.2) is 0 Å². The minimum absolute atomic E-state index is 0.266. The van der Waals surface area contributed by atoms with Crippen LogP contribution in [0.1, 0.15) is 24.8 Å². The van der Waals surface area contributed by atoms with Gasteiger partial charge in [-0.05, 0) is 48.6 Å². The summed E-state index contributed by atoms with van der Waals surface area (Å²) >= 11 is 5.27. The standard InChI is InChI=1S/C13H17ClO3/c1-16-11-8-7-10(9-12(11)17-2)5-3-4-6-13(14)15/h7-9H,3-6H2,1-2H3. The van der Waals surface area contributed by atoms with Gasteiger partial charge < -0.3 is 9.47 Å². The van der Waals surface area contributed by atoms with E-state index in [2.05, 4.69) is 0 Å². The van der Waals surface area contributed by atoms with Crippen molar-refractivity contribution >= 4 is 16.8 Å². The molecule has 1 rings (SSSR count). The first-order chi connectivity index (χ1) is 8.17. The quantitative estimate of drug-likeness (QED) is 0.555. The lowest BCUT2D eigenvalue weighted by atomic mass is 10.1. The van der Waals surface area contributed by atoms with Gasteiger partial charge in [0.15, 0.2) is 11.5 Å². The molecule has 0 radical (unpaired) electrons. The molecule has 1 aromatic rings. The first-order valence-electron chi connectivity index (χ1n) is 5.56. The number of rotatable bonds is 7. The summed E-state index contributed by atoms with van der Waals surface area (Å²) in [6, 6.07) is 5.85. The highest BCUT2D eigenvalue weighted by Gasteiger charge is 2.04. The van der Waals surface area contributed by atoms with Crippen LogP contribution in [-0.4, -0.2) is 19.5 Å². The fraction of sp³-hybridized carbons (Fsp3) is 0.462. The molecule has 17 heavy (non-hydrogen) atoms. The van der Waals surface area contributed by atoms with Gasteiger partial charge >= 0.3 is 0 Å². The van der Waals surface area contributed by atoms with Crippen LogP contribution in [0.3, 0.4) is 0 Å². The number of unbranched alkanes of at least 4 members (excludes halogenated alkanes) is 1. The molecule has 1 aromatic carbocycles. The summed E-state index contributed by atoms with van der Waals surface area (Å²) in [5.74, 6) is 1.46. The van der Waals surface area contributed by atoms with Gasteiger partial charge in [-0.3, -0.25) is 4.79 Å². The summed E-state index contributed by atoms with van der Waals surface area (Å²) in [6.07, 6.45) is 3.10. The highest BCUT2D eigenvalue weighted by molar-refractivity contribution is 6.63. The van der Waals surface area contributed by atoms with Crippen molar-refractivity contribution in [3.63, 3.8) is 0 Å². The minimum Gasteiger partial charge on any atom is -0.493 e. The molecule has 0 atom stereocenters. The number of hydrogen-bond acceptors (Lipinski definition) is 3. The molecule has 3 nitrogen and oxygen atoms in total. The topological polar surface area (TPSA) is 35.5 Å². The number of aryl methyl sites for hydroxylation is 1. The zero-order chi connectivity index (χ0) is 12.7. The first kappa shape index (κ1) is 13.8. The van der Waals surface area contributed by atoms with Gasteiger partial charge in [-0.1, -0.05) is 6.07 Å². The van der Waals surface area contributed by atoms with Crippen molar-refractivity contribution in [3.05, 3.63) is 23.8 Å². The Bertz CT molecular complexity index is 377. The number of carbonyl (C=O) groups excluding carboxylic acids is 1. The summed E-state index contributed by atoms with van der Waals surface area (Å²) in [5.41, 5.74) is 1.17. The van der Waals surface area contributed by atoms with E-state index in [-0.39, 0.29) is 5.24 Å². The normalized spacial score (nSPS) is 10.1. The molecule has 0 heterocycles. The second kappa shape index (κ2) is 7.17. The molecule has 0 N–H and O–H groups in total. The average Bonchev–Trinajstić information content (AvgIpc) is 2.34. The first-order valence-corrected chi connectivity index (χ1v) is 5.94. The Labute approximate surface area is 107 Å². The third kappa shape index (κ3) is 4.65. The van der Waals surface area contributed by atoms with Gasteiger partial charge in [-0.15, -0.1) is 0 Å². The predicted octanol–water partition coefficient (Wildman–Crippen LogP) is 3.18. The summed E-state index contributed by atoms with van der Waals surface area (Å²) in [6.45, 7) is 0. The number of benzene rings is 1. The van der Waals surface area contributed by atoms with Crippen molar-refractivity contribution in [2.75, 3.05) is 14.2 Å². The maximum absolute atomic E-state index is 10.6. The molecule has 0 unspecified atom stereocenters. The largest absolute Gasteiger partial charge is 0.493 e. The average molecular weight is 257 g/mol. The van der Waals surface area contributed by atoms with Crippen LogP contribution < -0.4 is 9.47 Å². The van der Waals surface area contributed by atoms with E-state index < -0.39 is 0 Å². The van der Waals surface area contributed by atoms with E-state index in [0.29, 0.717) is 6.42 Å². The van der Waals surface area contributed by atoms with Crippen molar-refractivity contribution in [3.8, 4) is 11.5 Å². The number of ether oxygens (including phenoxy) is 2. The molecule has 0 bridgehead atoms. The Morgan fingerprint density at radius 1 is 1.18 bits per heavy atom. The molecule has 0 aliphatic rings. The second-order valence-electron chi connectivity index (χ2n) is 3.75. The maximum Gasteiger partial charge on any atom is 0.221 e. The molecule has 94 valence electrons. The van der Waals surface area contributed by atoms with Crippen LogP contribution in [0.5, 0.6) is 11.5 Å². The van der Waals surface area contributed by atoms with E-state index in [1.54, 1.807) is 14.2 Å². The fourth-order valence-electron chi connectivity index (χ4n) is 1.63. The van der Waals surface area contributed by atoms with Crippen molar-refractivity contribution in [1.29, 1.82) is 0 Å². The minimum atomic E-state index is -0.266. The lowest BCUT2D eigenvalue weighted by Crippen LogP contribution is -1.93. The summed E-state index contributed by atoms with van der Waals surface area (Å²) < 4.78 is 10.4. The molecule has 0 aliphatic heterocycles. The molecule has 0 aliphatic carbocycles. The molecule has 0 saturated heterocycles. The third-order valence-electron chi connectivity index (χ3n) is 2.54. The van der Waals surface area contributed by atoms with E-state index in [0.717, 1.165) is 30.8 Å². The van der Waals surface area contributed by atoms with Gasteiger partial charge in [-0.2, -0.15) is 0 Å². The number of carbonyl (C=O) groups is 1. The van der Waals surface area contributed by atoms with Crippen molar-refractivity contribution in [1.82, 2.24) is 0 Å². The van der Waals surface area contributed by atoms with Crippen LogP contribution in [0, 0.1) is 0 Å². The molecule has 4 heteroatoms. The molecule has 0 aromatic heterocycles.